The number of rotatable bonds is 5. The van der Waals surface area contributed by atoms with E-state index in [1.807, 2.05) is 29.7 Å². The minimum atomic E-state index is 0.707. The zero-order chi connectivity index (χ0) is 13.3. The Kier molecular flexibility index (Phi) is 5.69. The summed E-state index contributed by atoms with van der Waals surface area (Å²) < 4.78 is 5.84. The smallest absolute Gasteiger partial charge is 0.119 e. The van der Waals surface area contributed by atoms with Crippen LogP contribution in [0.15, 0.2) is 29.3 Å². The van der Waals surface area contributed by atoms with Crippen LogP contribution in [0.3, 0.4) is 0 Å². The van der Waals surface area contributed by atoms with Crippen molar-refractivity contribution in [3.8, 4) is 5.75 Å². The molecule has 0 amide bonds. The van der Waals surface area contributed by atoms with Crippen molar-refractivity contribution in [1.82, 2.24) is 5.48 Å². The quantitative estimate of drug-likeness (QED) is 0.368. The van der Waals surface area contributed by atoms with Crippen molar-refractivity contribution >= 4 is 12.0 Å². The van der Waals surface area contributed by atoms with Crippen LogP contribution >= 0.6 is 0 Å². The number of nitrogens with zero attached hydrogens (tertiary/aromatic N) is 1. The number of benzene rings is 1. The fourth-order valence-corrected chi connectivity index (χ4v) is 2.48. The van der Waals surface area contributed by atoms with Crippen LogP contribution in [0.25, 0.3) is 0 Å². The average Bonchev–Trinajstić information content (AvgIpc) is 2.72. The predicted octanol–water partition coefficient (Wildman–Crippen LogP) is 3.67. The van der Waals surface area contributed by atoms with E-state index in [9.17, 15) is 0 Å². The lowest BCUT2D eigenvalue weighted by Crippen LogP contribution is -2.11. The molecule has 1 aromatic rings. The molecule has 4 nitrogen and oxygen atoms in total. The number of hydrogen-bond donors (Lipinski definition) is 2. The van der Waals surface area contributed by atoms with Gasteiger partial charge in [0.25, 0.3) is 0 Å². The van der Waals surface area contributed by atoms with Gasteiger partial charge in [-0.2, -0.15) is 0 Å². The standard InChI is InChI=1S/C15H22N2O2/c18-17-12-16-14-7-9-15(10-8-14)19-11-13-5-3-1-2-4-6-13/h7-10,12-13,18H,1-6,11H2,(H,16,17). The second-order valence-electron chi connectivity index (χ2n) is 5.05. The highest BCUT2D eigenvalue weighted by Crippen LogP contribution is 2.24. The van der Waals surface area contributed by atoms with Crippen molar-refractivity contribution in [3.05, 3.63) is 24.3 Å². The van der Waals surface area contributed by atoms with E-state index in [1.54, 1.807) is 0 Å². The molecule has 1 aliphatic carbocycles. The lowest BCUT2D eigenvalue weighted by atomic mass is 10.0. The summed E-state index contributed by atoms with van der Waals surface area (Å²) in [6.07, 6.45) is 9.27. The third kappa shape index (κ3) is 4.91. The van der Waals surface area contributed by atoms with E-state index in [-0.39, 0.29) is 0 Å². The van der Waals surface area contributed by atoms with Crippen LogP contribution in [0, 0.1) is 5.92 Å². The summed E-state index contributed by atoms with van der Waals surface area (Å²) in [7, 11) is 0. The van der Waals surface area contributed by atoms with Gasteiger partial charge in [0.15, 0.2) is 0 Å². The van der Waals surface area contributed by atoms with Crippen molar-refractivity contribution in [1.29, 1.82) is 0 Å². The number of aliphatic imine (C=N–C) groups is 1. The van der Waals surface area contributed by atoms with Gasteiger partial charge in [0.1, 0.15) is 12.1 Å². The summed E-state index contributed by atoms with van der Waals surface area (Å²) in [6, 6.07) is 7.58. The number of hydrogen-bond acceptors (Lipinski definition) is 3. The third-order valence-electron chi connectivity index (χ3n) is 3.57. The monoisotopic (exact) mass is 262 g/mol. The number of nitrogens with one attached hydrogen (secondary N) is 1. The van der Waals surface area contributed by atoms with Gasteiger partial charge in [-0.05, 0) is 43.0 Å². The Labute approximate surface area is 114 Å². The number of hydroxylamine groups is 1. The molecule has 104 valence electrons. The summed E-state index contributed by atoms with van der Waals surface area (Å²) in [5, 5.41) is 8.41. The van der Waals surface area contributed by atoms with Gasteiger partial charge in [-0.15, -0.1) is 0 Å². The molecule has 0 saturated heterocycles. The van der Waals surface area contributed by atoms with Crippen LogP contribution < -0.4 is 10.2 Å². The molecule has 0 atom stereocenters. The molecule has 19 heavy (non-hydrogen) atoms. The normalized spacial score (nSPS) is 17.3. The van der Waals surface area contributed by atoms with E-state index in [2.05, 4.69) is 4.99 Å². The zero-order valence-electron chi connectivity index (χ0n) is 11.2. The molecule has 2 rings (SSSR count). The summed E-state index contributed by atoms with van der Waals surface area (Å²) in [5.41, 5.74) is 2.66. The van der Waals surface area contributed by atoms with Gasteiger partial charge in [0.05, 0.1) is 12.3 Å². The molecular formula is C15H22N2O2. The molecular weight excluding hydrogens is 240 g/mol. The van der Waals surface area contributed by atoms with Crippen LogP contribution in [0.1, 0.15) is 38.5 Å². The van der Waals surface area contributed by atoms with E-state index in [4.69, 9.17) is 9.94 Å². The van der Waals surface area contributed by atoms with Gasteiger partial charge < -0.3 is 4.74 Å². The summed E-state index contributed by atoms with van der Waals surface area (Å²) in [5.74, 6) is 1.60. The zero-order valence-corrected chi connectivity index (χ0v) is 11.2. The molecule has 0 unspecified atom stereocenters. The molecule has 1 aliphatic rings. The van der Waals surface area contributed by atoms with Crippen molar-refractivity contribution in [3.63, 3.8) is 0 Å². The fourth-order valence-electron chi connectivity index (χ4n) is 2.48. The van der Waals surface area contributed by atoms with Crippen molar-refractivity contribution in [2.45, 2.75) is 38.5 Å². The molecule has 0 aliphatic heterocycles. The molecule has 1 aromatic carbocycles. The summed E-state index contributed by atoms with van der Waals surface area (Å²) in [6.45, 7) is 0.820. The van der Waals surface area contributed by atoms with Crippen molar-refractivity contribution in [2.24, 2.45) is 10.9 Å². The molecule has 0 aromatic heterocycles. The Morgan fingerprint density at radius 2 is 1.84 bits per heavy atom. The lowest BCUT2D eigenvalue weighted by molar-refractivity contribution is 0.234. The first-order valence-corrected chi connectivity index (χ1v) is 7.03. The van der Waals surface area contributed by atoms with E-state index in [0.29, 0.717) is 5.92 Å². The van der Waals surface area contributed by atoms with Crippen LogP contribution in [0.4, 0.5) is 5.69 Å². The predicted molar refractivity (Wildman–Crippen MR) is 76.2 cm³/mol. The molecule has 0 spiro atoms. The molecule has 1 fully saturated rings. The minimum absolute atomic E-state index is 0.707. The Morgan fingerprint density at radius 3 is 2.47 bits per heavy atom. The van der Waals surface area contributed by atoms with Gasteiger partial charge in [-0.1, -0.05) is 25.7 Å². The molecule has 0 radical (unpaired) electrons. The van der Waals surface area contributed by atoms with Crippen LogP contribution in [0.2, 0.25) is 0 Å². The first kappa shape index (κ1) is 13.9. The lowest BCUT2D eigenvalue weighted by Gasteiger charge is -2.15. The van der Waals surface area contributed by atoms with Gasteiger partial charge in [0, 0.05) is 0 Å². The average molecular weight is 262 g/mol. The largest absolute Gasteiger partial charge is 0.493 e. The fraction of sp³-hybridized carbons (Fsp3) is 0.533. The maximum absolute atomic E-state index is 8.41. The SMILES string of the molecule is ONC=Nc1ccc(OCC2CCCCCC2)cc1. The topological polar surface area (TPSA) is 53.8 Å². The van der Waals surface area contributed by atoms with E-state index < -0.39 is 0 Å². The van der Waals surface area contributed by atoms with Gasteiger partial charge in [-0.25, -0.2) is 4.99 Å². The molecule has 2 N–H and O–H groups in total. The van der Waals surface area contributed by atoms with Gasteiger partial charge in [-0.3, -0.25) is 10.7 Å². The van der Waals surface area contributed by atoms with Gasteiger partial charge in [0.2, 0.25) is 0 Å². The first-order chi connectivity index (χ1) is 9.38. The van der Waals surface area contributed by atoms with Crippen LogP contribution in [0.5, 0.6) is 5.75 Å². The van der Waals surface area contributed by atoms with Crippen molar-refractivity contribution in [2.75, 3.05) is 6.61 Å². The highest BCUT2D eigenvalue weighted by atomic mass is 16.5. The highest BCUT2D eigenvalue weighted by Gasteiger charge is 2.12. The highest BCUT2D eigenvalue weighted by molar-refractivity contribution is 5.59. The third-order valence-corrected chi connectivity index (χ3v) is 3.57. The first-order valence-electron chi connectivity index (χ1n) is 7.03. The van der Waals surface area contributed by atoms with Crippen LogP contribution in [-0.4, -0.2) is 18.2 Å². The maximum Gasteiger partial charge on any atom is 0.119 e. The maximum atomic E-state index is 8.41. The molecule has 1 saturated carbocycles. The Bertz CT molecular complexity index is 382. The summed E-state index contributed by atoms with van der Waals surface area (Å²) >= 11 is 0. The van der Waals surface area contributed by atoms with E-state index in [0.717, 1.165) is 18.0 Å². The van der Waals surface area contributed by atoms with E-state index >= 15 is 0 Å². The number of ether oxygens (including phenoxy) is 1. The Balaban J connectivity index is 1.80. The minimum Gasteiger partial charge on any atom is -0.493 e. The van der Waals surface area contributed by atoms with Crippen LogP contribution in [-0.2, 0) is 0 Å². The molecule has 0 heterocycles. The van der Waals surface area contributed by atoms with Crippen molar-refractivity contribution < 1.29 is 9.94 Å². The second-order valence-corrected chi connectivity index (χ2v) is 5.05. The Morgan fingerprint density at radius 1 is 1.16 bits per heavy atom. The van der Waals surface area contributed by atoms with Gasteiger partial charge >= 0.3 is 0 Å². The Hall–Kier alpha value is -1.55. The molecule has 4 heteroatoms. The summed E-state index contributed by atoms with van der Waals surface area (Å²) in [4.78, 5) is 3.99. The second kappa shape index (κ2) is 7.79. The van der Waals surface area contributed by atoms with E-state index in [1.165, 1.54) is 44.9 Å². The molecule has 0 bridgehead atoms.